The molecule has 0 fully saturated rings. The highest BCUT2D eigenvalue weighted by molar-refractivity contribution is 7.18. The van der Waals surface area contributed by atoms with Crippen molar-refractivity contribution in [3.05, 3.63) is 45.8 Å². The van der Waals surface area contributed by atoms with Crippen LogP contribution in [0.5, 0.6) is 5.75 Å². The number of hydrogen-bond donors (Lipinski definition) is 2. The molecular formula is C19H22N2O5S. The van der Waals surface area contributed by atoms with E-state index in [1.807, 2.05) is 19.1 Å². The first-order chi connectivity index (χ1) is 12.9. The Labute approximate surface area is 161 Å². The molecule has 2 rings (SSSR count). The third-order valence-electron chi connectivity index (χ3n) is 3.70. The van der Waals surface area contributed by atoms with Crippen molar-refractivity contribution in [3.8, 4) is 5.75 Å². The highest BCUT2D eigenvalue weighted by atomic mass is 32.1. The van der Waals surface area contributed by atoms with E-state index in [9.17, 15) is 14.4 Å². The number of hydrogen-bond acceptors (Lipinski definition) is 6. The first kappa shape index (κ1) is 20.4. The van der Waals surface area contributed by atoms with Crippen molar-refractivity contribution >= 4 is 34.1 Å². The Hall–Kier alpha value is -2.87. The predicted molar refractivity (Wildman–Crippen MR) is 104 cm³/mol. The number of nitrogens with one attached hydrogen (secondary N) is 2. The van der Waals surface area contributed by atoms with Crippen LogP contribution in [0.3, 0.4) is 0 Å². The lowest BCUT2D eigenvalue weighted by Crippen LogP contribution is -2.21. The Kier molecular flexibility index (Phi) is 6.95. The minimum atomic E-state index is -0.587. The number of amides is 2. The van der Waals surface area contributed by atoms with E-state index >= 15 is 0 Å². The molecule has 0 spiro atoms. The predicted octanol–water partition coefficient (Wildman–Crippen LogP) is 2.92. The van der Waals surface area contributed by atoms with Crippen molar-refractivity contribution in [2.24, 2.45) is 0 Å². The molecule has 0 atom stereocenters. The Balaban J connectivity index is 2.17. The summed E-state index contributed by atoms with van der Waals surface area (Å²) < 4.78 is 10.5. The molecule has 0 unspecified atom stereocenters. The minimum Gasteiger partial charge on any atom is -0.484 e. The number of ether oxygens (including phenoxy) is 2. The van der Waals surface area contributed by atoms with Crippen LogP contribution >= 0.6 is 11.3 Å². The summed E-state index contributed by atoms with van der Waals surface area (Å²) in [5.41, 5.74) is 1.73. The van der Waals surface area contributed by atoms with Crippen molar-refractivity contribution in [1.29, 1.82) is 0 Å². The number of carbonyl (C=O) groups excluding carboxylic acids is 3. The van der Waals surface area contributed by atoms with Gasteiger partial charge in [-0.15, -0.1) is 11.3 Å². The van der Waals surface area contributed by atoms with Crippen LogP contribution in [-0.2, 0) is 9.53 Å². The summed E-state index contributed by atoms with van der Waals surface area (Å²) in [5, 5.41) is 5.43. The van der Waals surface area contributed by atoms with E-state index in [0.717, 1.165) is 16.9 Å². The molecule has 27 heavy (non-hydrogen) atoms. The maximum atomic E-state index is 12.3. The smallest absolute Gasteiger partial charge is 0.341 e. The van der Waals surface area contributed by atoms with Gasteiger partial charge in [-0.05, 0) is 38.5 Å². The summed E-state index contributed by atoms with van der Waals surface area (Å²) in [5.74, 6) is -0.795. The SMILES string of the molecule is CCOC(=O)c1c(NC(=O)COc2ccc(C)cc2)sc(C(=O)NC)c1C. The molecule has 0 aliphatic rings. The Morgan fingerprint density at radius 1 is 1.11 bits per heavy atom. The maximum Gasteiger partial charge on any atom is 0.341 e. The van der Waals surface area contributed by atoms with Crippen LogP contribution in [0.1, 0.15) is 38.1 Å². The zero-order valence-corrected chi connectivity index (χ0v) is 16.5. The number of rotatable bonds is 7. The highest BCUT2D eigenvalue weighted by Crippen LogP contribution is 2.33. The molecule has 0 saturated carbocycles. The first-order valence-electron chi connectivity index (χ1n) is 8.39. The number of benzene rings is 1. The van der Waals surface area contributed by atoms with Gasteiger partial charge >= 0.3 is 5.97 Å². The van der Waals surface area contributed by atoms with Gasteiger partial charge in [-0.3, -0.25) is 9.59 Å². The lowest BCUT2D eigenvalue weighted by Gasteiger charge is -2.08. The summed E-state index contributed by atoms with van der Waals surface area (Å²) >= 11 is 1.02. The van der Waals surface area contributed by atoms with Crippen LogP contribution in [0.2, 0.25) is 0 Å². The zero-order chi connectivity index (χ0) is 20.0. The second-order valence-corrected chi connectivity index (χ2v) is 6.73. The van der Waals surface area contributed by atoms with E-state index < -0.39 is 11.9 Å². The van der Waals surface area contributed by atoms with E-state index in [4.69, 9.17) is 9.47 Å². The van der Waals surface area contributed by atoms with Crippen molar-refractivity contribution < 1.29 is 23.9 Å². The monoisotopic (exact) mass is 390 g/mol. The third-order valence-corrected chi connectivity index (χ3v) is 4.91. The second-order valence-electron chi connectivity index (χ2n) is 5.71. The van der Waals surface area contributed by atoms with Gasteiger partial charge in [-0.2, -0.15) is 0 Å². The van der Waals surface area contributed by atoms with Gasteiger partial charge in [-0.25, -0.2) is 4.79 Å². The lowest BCUT2D eigenvalue weighted by molar-refractivity contribution is -0.118. The van der Waals surface area contributed by atoms with E-state index in [0.29, 0.717) is 16.2 Å². The van der Waals surface area contributed by atoms with Crippen LogP contribution in [-0.4, -0.2) is 38.0 Å². The van der Waals surface area contributed by atoms with Gasteiger partial charge < -0.3 is 20.1 Å². The molecule has 0 bridgehead atoms. The average molecular weight is 390 g/mol. The minimum absolute atomic E-state index is 0.184. The molecule has 0 aliphatic heterocycles. The third kappa shape index (κ3) is 5.07. The molecule has 0 saturated heterocycles. The molecule has 7 nitrogen and oxygen atoms in total. The second kappa shape index (κ2) is 9.18. The summed E-state index contributed by atoms with van der Waals surface area (Å²) in [4.78, 5) is 36.9. The van der Waals surface area contributed by atoms with Crippen LogP contribution in [0.15, 0.2) is 24.3 Å². The molecule has 0 aliphatic carbocycles. The van der Waals surface area contributed by atoms with Gasteiger partial charge in [0.25, 0.3) is 11.8 Å². The fraction of sp³-hybridized carbons (Fsp3) is 0.316. The van der Waals surface area contributed by atoms with Gasteiger partial charge in [0.05, 0.1) is 17.0 Å². The van der Waals surface area contributed by atoms with E-state index in [1.54, 1.807) is 26.0 Å². The van der Waals surface area contributed by atoms with Crippen LogP contribution in [0.25, 0.3) is 0 Å². The average Bonchev–Trinajstić information content (AvgIpc) is 2.96. The molecule has 1 heterocycles. The van der Waals surface area contributed by atoms with Gasteiger partial charge in [-0.1, -0.05) is 17.7 Å². The zero-order valence-electron chi connectivity index (χ0n) is 15.7. The molecule has 1 aromatic heterocycles. The van der Waals surface area contributed by atoms with Gasteiger partial charge in [0.1, 0.15) is 10.8 Å². The van der Waals surface area contributed by atoms with Crippen molar-refractivity contribution in [3.63, 3.8) is 0 Å². The van der Waals surface area contributed by atoms with Gasteiger partial charge in [0, 0.05) is 7.05 Å². The molecule has 2 N–H and O–H groups in total. The number of anilines is 1. The Morgan fingerprint density at radius 3 is 2.37 bits per heavy atom. The van der Waals surface area contributed by atoms with E-state index in [-0.39, 0.29) is 29.7 Å². The fourth-order valence-electron chi connectivity index (χ4n) is 2.33. The van der Waals surface area contributed by atoms with Crippen LogP contribution < -0.4 is 15.4 Å². The van der Waals surface area contributed by atoms with Gasteiger partial charge in [0.15, 0.2) is 6.61 Å². The highest BCUT2D eigenvalue weighted by Gasteiger charge is 2.26. The number of carbonyl (C=O) groups is 3. The van der Waals surface area contributed by atoms with Crippen molar-refractivity contribution in [2.45, 2.75) is 20.8 Å². The fourth-order valence-corrected chi connectivity index (χ4v) is 3.48. The summed E-state index contributed by atoms with van der Waals surface area (Å²) in [6, 6.07) is 7.30. The lowest BCUT2D eigenvalue weighted by atomic mass is 10.1. The molecule has 2 amide bonds. The Bertz CT molecular complexity index is 843. The molecular weight excluding hydrogens is 368 g/mol. The molecule has 8 heteroatoms. The molecule has 0 radical (unpaired) electrons. The Morgan fingerprint density at radius 2 is 1.78 bits per heavy atom. The quantitative estimate of drug-likeness (QED) is 0.709. The standard InChI is InChI=1S/C19H22N2O5S/c1-5-25-19(24)15-12(3)16(17(23)20-4)27-18(15)21-14(22)10-26-13-8-6-11(2)7-9-13/h6-9H,5,10H2,1-4H3,(H,20,23)(H,21,22). The van der Waals surface area contributed by atoms with Crippen molar-refractivity contribution in [2.75, 3.05) is 25.6 Å². The normalized spacial score (nSPS) is 10.2. The van der Waals surface area contributed by atoms with Crippen LogP contribution in [0, 0.1) is 13.8 Å². The molecule has 1 aromatic carbocycles. The molecule has 144 valence electrons. The summed E-state index contributed by atoms with van der Waals surface area (Å²) in [7, 11) is 1.50. The van der Waals surface area contributed by atoms with Gasteiger partial charge in [0.2, 0.25) is 0 Å². The van der Waals surface area contributed by atoms with E-state index in [1.165, 1.54) is 7.05 Å². The molecule has 2 aromatic rings. The number of aryl methyl sites for hydroxylation is 1. The summed E-state index contributed by atoms with van der Waals surface area (Å²) in [6.45, 7) is 5.25. The number of thiophene rings is 1. The summed E-state index contributed by atoms with van der Waals surface area (Å²) in [6.07, 6.45) is 0. The largest absolute Gasteiger partial charge is 0.484 e. The van der Waals surface area contributed by atoms with Crippen molar-refractivity contribution in [1.82, 2.24) is 5.32 Å². The van der Waals surface area contributed by atoms with E-state index in [2.05, 4.69) is 10.6 Å². The first-order valence-corrected chi connectivity index (χ1v) is 9.20. The topological polar surface area (TPSA) is 93.7 Å². The number of esters is 1. The maximum absolute atomic E-state index is 12.3. The van der Waals surface area contributed by atoms with Crippen LogP contribution in [0.4, 0.5) is 5.00 Å².